The molecule has 3 aromatic carbocycles. The molecule has 0 bridgehead atoms. The van der Waals surface area contributed by atoms with Crippen molar-refractivity contribution in [1.82, 2.24) is 10.2 Å². The number of methoxy groups -OCH3 is 2. The van der Waals surface area contributed by atoms with Crippen LogP contribution < -0.4 is 19.1 Å². The molecule has 0 aliphatic carbocycles. The molecule has 1 saturated heterocycles. The zero-order chi connectivity index (χ0) is 27.8. The van der Waals surface area contributed by atoms with Crippen molar-refractivity contribution in [2.24, 2.45) is 0 Å². The average Bonchev–Trinajstić information content (AvgIpc) is 2.95. The fraction of sp³-hybridized carbons (Fsp3) is 0.367. The fourth-order valence-electron chi connectivity index (χ4n) is 4.73. The van der Waals surface area contributed by atoms with Crippen molar-refractivity contribution in [3.8, 4) is 11.5 Å². The zero-order valence-electron chi connectivity index (χ0n) is 22.9. The van der Waals surface area contributed by atoms with Crippen LogP contribution in [-0.4, -0.2) is 53.1 Å². The van der Waals surface area contributed by atoms with Crippen LogP contribution in [0.25, 0.3) is 0 Å². The minimum atomic E-state index is -4.05. The molecule has 208 valence electrons. The van der Waals surface area contributed by atoms with E-state index in [0.29, 0.717) is 23.7 Å². The number of anilines is 1. The lowest BCUT2D eigenvalue weighted by atomic mass is 10.1. The zero-order valence-corrected chi connectivity index (χ0v) is 23.7. The van der Waals surface area contributed by atoms with Crippen molar-refractivity contribution in [3.05, 3.63) is 83.4 Å². The van der Waals surface area contributed by atoms with Crippen LogP contribution in [0.15, 0.2) is 71.6 Å². The molecule has 0 unspecified atom stereocenters. The summed E-state index contributed by atoms with van der Waals surface area (Å²) in [5.41, 5.74) is 3.41. The van der Waals surface area contributed by atoms with Crippen LogP contribution in [-0.2, 0) is 27.9 Å². The molecule has 1 heterocycles. The number of aryl methyl sites for hydroxylation is 1. The van der Waals surface area contributed by atoms with Crippen LogP contribution in [0.5, 0.6) is 11.5 Å². The maximum atomic E-state index is 13.7. The Labute approximate surface area is 231 Å². The van der Waals surface area contributed by atoms with Gasteiger partial charge in [-0.15, -0.1) is 0 Å². The Balaban J connectivity index is 1.52. The van der Waals surface area contributed by atoms with E-state index in [-0.39, 0.29) is 11.4 Å². The number of hydrogen-bond acceptors (Lipinski definition) is 6. The van der Waals surface area contributed by atoms with E-state index in [2.05, 4.69) is 22.3 Å². The second kappa shape index (κ2) is 13.0. The largest absolute Gasteiger partial charge is 0.493 e. The first-order valence-electron chi connectivity index (χ1n) is 13.2. The Bertz CT molecular complexity index is 1370. The van der Waals surface area contributed by atoms with Gasteiger partial charge in [-0.2, -0.15) is 0 Å². The molecule has 0 atom stereocenters. The van der Waals surface area contributed by atoms with Gasteiger partial charge in [0.05, 0.1) is 24.8 Å². The van der Waals surface area contributed by atoms with Gasteiger partial charge in [0.1, 0.15) is 6.54 Å². The molecule has 39 heavy (non-hydrogen) atoms. The number of piperidine rings is 1. The number of likely N-dealkylation sites (tertiary alicyclic amines) is 1. The van der Waals surface area contributed by atoms with Gasteiger partial charge in [-0.1, -0.05) is 48.4 Å². The lowest BCUT2D eigenvalue weighted by Gasteiger charge is -2.26. The predicted molar refractivity (Wildman–Crippen MR) is 153 cm³/mol. The highest BCUT2D eigenvalue weighted by Gasteiger charge is 2.28. The van der Waals surface area contributed by atoms with Crippen LogP contribution in [0.3, 0.4) is 0 Å². The van der Waals surface area contributed by atoms with Gasteiger partial charge in [-0.05, 0) is 68.2 Å². The van der Waals surface area contributed by atoms with Gasteiger partial charge < -0.3 is 14.8 Å². The topological polar surface area (TPSA) is 88.2 Å². The first kappa shape index (κ1) is 28.4. The Hall–Kier alpha value is -3.56. The van der Waals surface area contributed by atoms with Crippen LogP contribution in [0, 0.1) is 6.92 Å². The molecule has 0 spiro atoms. The van der Waals surface area contributed by atoms with Crippen molar-refractivity contribution in [2.45, 2.75) is 44.2 Å². The van der Waals surface area contributed by atoms with Crippen LogP contribution in [0.1, 0.15) is 36.0 Å². The average molecular weight is 552 g/mol. The molecule has 1 aliphatic heterocycles. The van der Waals surface area contributed by atoms with Gasteiger partial charge in [-0.3, -0.25) is 14.0 Å². The molecule has 1 aliphatic rings. The number of nitrogens with zero attached hydrogens (tertiary/aromatic N) is 2. The lowest BCUT2D eigenvalue weighted by molar-refractivity contribution is -0.119. The molecule has 4 rings (SSSR count). The van der Waals surface area contributed by atoms with E-state index >= 15 is 0 Å². The second-order valence-electron chi connectivity index (χ2n) is 9.80. The van der Waals surface area contributed by atoms with Gasteiger partial charge in [0.2, 0.25) is 5.91 Å². The Morgan fingerprint density at radius 1 is 0.897 bits per heavy atom. The third kappa shape index (κ3) is 7.30. The van der Waals surface area contributed by atoms with E-state index in [0.717, 1.165) is 35.1 Å². The highest BCUT2D eigenvalue weighted by Crippen LogP contribution is 2.33. The molecule has 1 fully saturated rings. The van der Waals surface area contributed by atoms with Crippen LogP contribution in [0.4, 0.5) is 5.69 Å². The van der Waals surface area contributed by atoms with E-state index in [1.165, 1.54) is 39.0 Å². The number of rotatable bonds is 11. The molecule has 1 amide bonds. The normalized spacial score (nSPS) is 14.0. The van der Waals surface area contributed by atoms with Crippen molar-refractivity contribution < 1.29 is 22.7 Å². The monoisotopic (exact) mass is 551 g/mol. The van der Waals surface area contributed by atoms with Crippen molar-refractivity contribution >= 4 is 21.6 Å². The van der Waals surface area contributed by atoms with Gasteiger partial charge in [0.25, 0.3) is 10.0 Å². The van der Waals surface area contributed by atoms with Gasteiger partial charge in [-0.25, -0.2) is 8.42 Å². The number of nitrogens with one attached hydrogen (secondary N) is 1. The molecule has 0 saturated carbocycles. The first-order chi connectivity index (χ1) is 18.8. The van der Waals surface area contributed by atoms with Crippen LogP contribution in [0.2, 0.25) is 0 Å². The Morgan fingerprint density at radius 2 is 1.59 bits per heavy atom. The van der Waals surface area contributed by atoms with E-state index in [9.17, 15) is 13.2 Å². The number of benzene rings is 3. The molecule has 0 aromatic heterocycles. The van der Waals surface area contributed by atoms with Crippen LogP contribution >= 0.6 is 0 Å². The molecular formula is C30H37N3O5S. The van der Waals surface area contributed by atoms with Crippen molar-refractivity contribution in [1.29, 1.82) is 0 Å². The summed E-state index contributed by atoms with van der Waals surface area (Å²) in [4.78, 5) is 15.7. The Kier molecular flexibility index (Phi) is 9.48. The fourth-order valence-corrected chi connectivity index (χ4v) is 6.15. The molecule has 8 nitrogen and oxygen atoms in total. The quantitative estimate of drug-likeness (QED) is 0.377. The van der Waals surface area contributed by atoms with Gasteiger partial charge in [0.15, 0.2) is 11.5 Å². The van der Waals surface area contributed by atoms with E-state index < -0.39 is 15.9 Å². The summed E-state index contributed by atoms with van der Waals surface area (Å²) in [7, 11) is -1.06. The number of ether oxygens (including phenoxy) is 2. The number of carbonyl (C=O) groups excluding carboxylic acids is 1. The summed E-state index contributed by atoms with van der Waals surface area (Å²) in [6, 6.07) is 19.5. The predicted octanol–water partition coefficient (Wildman–Crippen LogP) is 4.51. The summed E-state index contributed by atoms with van der Waals surface area (Å²) in [5.74, 6) is 0.412. The number of amides is 1. The number of carbonyl (C=O) groups is 1. The maximum absolute atomic E-state index is 13.7. The molecular weight excluding hydrogens is 514 g/mol. The highest BCUT2D eigenvalue weighted by atomic mass is 32.2. The van der Waals surface area contributed by atoms with E-state index in [4.69, 9.17) is 9.47 Å². The van der Waals surface area contributed by atoms with Gasteiger partial charge in [0, 0.05) is 19.2 Å². The first-order valence-corrected chi connectivity index (χ1v) is 14.6. The lowest BCUT2D eigenvalue weighted by Crippen LogP contribution is -2.40. The minimum absolute atomic E-state index is 0.0982. The summed E-state index contributed by atoms with van der Waals surface area (Å²) in [6.07, 6.45) is 3.76. The smallest absolute Gasteiger partial charge is 0.264 e. The maximum Gasteiger partial charge on any atom is 0.264 e. The van der Waals surface area contributed by atoms with Crippen molar-refractivity contribution in [3.63, 3.8) is 0 Å². The van der Waals surface area contributed by atoms with Crippen molar-refractivity contribution in [2.75, 3.05) is 38.2 Å². The highest BCUT2D eigenvalue weighted by molar-refractivity contribution is 7.92. The molecule has 1 N–H and O–H groups in total. The number of sulfonamides is 1. The number of hydrogen-bond donors (Lipinski definition) is 1. The summed E-state index contributed by atoms with van der Waals surface area (Å²) >= 11 is 0. The summed E-state index contributed by atoms with van der Waals surface area (Å²) in [6.45, 7) is 4.92. The Morgan fingerprint density at radius 3 is 2.28 bits per heavy atom. The van der Waals surface area contributed by atoms with E-state index in [1.54, 1.807) is 42.5 Å². The van der Waals surface area contributed by atoms with E-state index in [1.807, 2.05) is 19.1 Å². The minimum Gasteiger partial charge on any atom is -0.493 e. The summed E-state index contributed by atoms with van der Waals surface area (Å²) in [5, 5.41) is 2.90. The molecule has 9 heteroatoms. The third-order valence-corrected chi connectivity index (χ3v) is 8.68. The summed E-state index contributed by atoms with van der Waals surface area (Å²) < 4.78 is 39.2. The SMILES string of the molecule is COc1ccc(N(CC(=O)NCc2cccc(CN3CCCCC3)c2)S(=O)(=O)c2ccc(C)cc2)cc1OC. The second-order valence-corrected chi connectivity index (χ2v) is 11.7. The standard InChI is InChI=1S/C30H37N3O5S/c1-23-10-13-27(14-11-23)39(35,36)33(26-12-15-28(37-2)29(19-26)38-3)22-30(34)31-20-24-8-7-9-25(18-24)21-32-16-5-4-6-17-32/h7-15,18-19H,4-6,16-17,20-22H2,1-3H3,(H,31,34). The molecule has 3 aromatic rings. The third-order valence-electron chi connectivity index (χ3n) is 6.89. The van der Waals surface area contributed by atoms with Gasteiger partial charge >= 0.3 is 0 Å². The molecule has 0 radical (unpaired) electrons.